The van der Waals surface area contributed by atoms with Crippen molar-refractivity contribution in [1.29, 1.82) is 0 Å². The summed E-state index contributed by atoms with van der Waals surface area (Å²) in [4.78, 5) is 12.5. The third-order valence-electron chi connectivity index (χ3n) is 5.44. The molecule has 1 aliphatic carbocycles. The summed E-state index contributed by atoms with van der Waals surface area (Å²) in [5.41, 5.74) is 1.18. The van der Waals surface area contributed by atoms with E-state index in [1.807, 2.05) is 18.2 Å². The maximum Gasteiger partial charge on any atom is 0.345 e. The van der Waals surface area contributed by atoms with Gasteiger partial charge in [-0.3, -0.25) is 0 Å². The molecule has 0 amide bonds. The van der Waals surface area contributed by atoms with Crippen LogP contribution in [0.25, 0.3) is 0 Å². The number of aromatic carboxylic acids is 1. The van der Waals surface area contributed by atoms with Crippen LogP contribution in [0.2, 0.25) is 10.0 Å². The minimum atomic E-state index is -0.843. The highest BCUT2D eigenvalue weighted by molar-refractivity contribution is 7.13. The summed E-state index contributed by atoms with van der Waals surface area (Å²) in [5.74, 6) is 0.312. The molecule has 1 aliphatic rings. The third kappa shape index (κ3) is 5.87. The molecule has 3 rings (SSSR count). The number of hydrogen-bond acceptors (Lipinski definition) is 2. The van der Waals surface area contributed by atoms with Crippen molar-refractivity contribution in [2.45, 2.75) is 50.3 Å². The van der Waals surface area contributed by atoms with Crippen molar-refractivity contribution in [2.24, 2.45) is 11.8 Å². The van der Waals surface area contributed by atoms with Crippen LogP contribution in [0, 0.1) is 11.8 Å². The number of carboxylic acids is 1. The zero-order valence-electron chi connectivity index (χ0n) is 15.0. The SMILES string of the molecule is O=C(O)c1ccc(CCC[C@@H]2[C@@H](CCc3cc(Cl)cc(Cl)c3)CC[C@H]2Cl)s1. The largest absolute Gasteiger partial charge is 0.477 e. The Morgan fingerprint density at radius 1 is 1.07 bits per heavy atom. The summed E-state index contributed by atoms with van der Waals surface area (Å²) in [6.45, 7) is 0. The van der Waals surface area contributed by atoms with E-state index in [2.05, 4.69) is 0 Å². The molecule has 27 heavy (non-hydrogen) atoms. The second kappa shape index (κ2) is 9.65. The lowest BCUT2D eigenvalue weighted by Gasteiger charge is -2.22. The summed E-state index contributed by atoms with van der Waals surface area (Å²) in [6, 6.07) is 9.38. The first-order valence-corrected chi connectivity index (χ1v) is 11.3. The number of halogens is 3. The molecular formula is C21H23Cl3O2S. The predicted octanol–water partition coefficient (Wildman–Crippen LogP) is 7.34. The van der Waals surface area contributed by atoms with Gasteiger partial charge in [0.05, 0.1) is 0 Å². The van der Waals surface area contributed by atoms with E-state index >= 15 is 0 Å². The van der Waals surface area contributed by atoms with Crippen LogP contribution in [-0.2, 0) is 12.8 Å². The van der Waals surface area contributed by atoms with Gasteiger partial charge in [-0.2, -0.15) is 0 Å². The summed E-state index contributed by atoms with van der Waals surface area (Å²) in [7, 11) is 0. The highest BCUT2D eigenvalue weighted by Gasteiger charge is 2.33. The first-order valence-electron chi connectivity index (χ1n) is 9.33. The highest BCUT2D eigenvalue weighted by atomic mass is 35.5. The molecule has 1 heterocycles. The van der Waals surface area contributed by atoms with Crippen molar-refractivity contribution in [3.8, 4) is 0 Å². The van der Waals surface area contributed by atoms with E-state index in [9.17, 15) is 4.79 Å². The molecule has 0 unspecified atom stereocenters. The Kier molecular flexibility index (Phi) is 7.49. The van der Waals surface area contributed by atoms with E-state index in [1.165, 1.54) is 23.3 Å². The van der Waals surface area contributed by atoms with Gasteiger partial charge in [-0.25, -0.2) is 4.79 Å². The number of alkyl halides is 1. The lowest BCUT2D eigenvalue weighted by Crippen LogP contribution is -2.16. The fourth-order valence-corrected chi connectivity index (χ4v) is 6.04. The van der Waals surface area contributed by atoms with Crippen molar-refractivity contribution in [1.82, 2.24) is 0 Å². The summed E-state index contributed by atoms with van der Waals surface area (Å²) in [5, 5.41) is 10.7. The molecule has 1 N–H and O–H groups in total. The average Bonchev–Trinajstić information content (AvgIpc) is 3.20. The lowest BCUT2D eigenvalue weighted by atomic mass is 9.86. The van der Waals surface area contributed by atoms with Gasteiger partial charge in [-0.05, 0) is 92.7 Å². The monoisotopic (exact) mass is 444 g/mol. The number of aryl methyl sites for hydroxylation is 2. The fourth-order valence-electron chi connectivity index (χ4n) is 4.12. The maximum atomic E-state index is 11.0. The van der Waals surface area contributed by atoms with Crippen LogP contribution in [0.5, 0.6) is 0 Å². The molecular weight excluding hydrogens is 423 g/mol. The topological polar surface area (TPSA) is 37.3 Å². The molecule has 1 fully saturated rings. The van der Waals surface area contributed by atoms with Gasteiger partial charge in [0.1, 0.15) is 4.88 Å². The van der Waals surface area contributed by atoms with Crippen LogP contribution < -0.4 is 0 Å². The number of hydrogen-bond donors (Lipinski definition) is 1. The molecule has 0 radical (unpaired) electrons. The normalized spacial score (nSPS) is 22.3. The first-order chi connectivity index (χ1) is 12.9. The van der Waals surface area contributed by atoms with Gasteiger partial charge < -0.3 is 5.11 Å². The smallest absolute Gasteiger partial charge is 0.345 e. The van der Waals surface area contributed by atoms with E-state index in [4.69, 9.17) is 39.9 Å². The Morgan fingerprint density at radius 3 is 2.48 bits per heavy atom. The van der Waals surface area contributed by atoms with Gasteiger partial charge in [0, 0.05) is 20.3 Å². The predicted molar refractivity (Wildman–Crippen MR) is 115 cm³/mol. The molecule has 1 aromatic heterocycles. The van der Waals surface area contributed by atoms with E-state index in [0.717, 1.165) is 43.4 Å². The van der Waals surface area contributed by atoms with Crippen LogP contribution in [0.3, 0.4) is 0 Å². The van der Waals surface area contributed by atoms with Crippen LogP contribution >= 0.6 is 46.1 Å². The molecule has 2 nitrogen and oxygen atoms in total. The quantitative estimate of drug-likeness (QED) is 0.431. The molecule has 146 valence electrons. The van der Waals surface area contributed by atoms with Crippen molar-refractivity contribution < 1.29 is 9.90 Å². The Labute approximate surface area is 179 Å². The van der Waals surface area contributed by atoms with Crippen molar-refractivity contribution in [3.05, 3.63) is 55.7 Å². The van der Waals surface area contributed by atoms with E-state index in [-0.39, 0.29) is 5.38 Å². The maximum absolute atomic E-state index is 11.0. The van der Waals surface area contributed by atoms with E-state index in [1.54, 1.807) is 12.1 Å². The molecule has 0 aliphatic heterocycles. The molecule has 0 spiro atoms. The van der Waals surface area contributed by atoms with Gasteiger partial charge >= 0.3 is 5.97 Å². The molecule has 3 atom stereocenters. The summed E-state index contributed by atoms with van der Waals surface area (Å²) in [6.07, 6.45) is 7.40. The Bertz CT molecular complexity index is 769. The average molecular weight is 446 g/mol. The molecule has 0 bridgehead atoms. The number of carbonyl (C=O) groups is 1. The third-order valence-corrected chi connectivity index (χ3v) is 7.55. The van der Waals surface area contributed by atoms with Crippen LogP contribution in [0.4, 0.5) is 0 Å². The second-order valence-corrected chi connectivity index (χ2v) is 9.90. The van der Waals surface area contributed by atoms with E-state index < -0.39 is 5.97 Å². The summed E-state index contributed by atoms with van der Waals surface area (Å²) >= 11 is 20.2. The first kappa shape index (κ1) is 21.0. The number of benzene rings is 1. The zero-order valence-corrected chi connectivity index (χ0v) is 18.1. The minimum absolute atomic E-state index is 0.246. The Balaban J connectivity index is 1.51. The van der Waals surface area contributed by atoms with Crippen molar-refractivity contribution in [2.75, 3.05) is 0 Å². The Hall–Kier alpha value is -0.740. The lowest BCUT2D eigenvalue weighted by molar-refractivity contribution is 0.0702. The number of carboxylic acid groups (broad SMARTS) is 1. The van der Waals surface area contributed by atoms with Crippen molar-refractivity contribution in [3.63, 3.8) is 0 Å². The van der Waals surface area contributed by atoms with Gasteiger partial charge in [-0.1, -0.05) is 23.2 Å². The number of thiophene rings is 1. The molecule has 1 aromatic carbocycles. The van der Waals surface area contributed by atoms with Gasteiger partial charge in [0.2, 0.25) is 0 Å². The van der Waals surface area contributed by atoms with Gasteiger partial charge in [-0.15, -0.1) is 22.9 Å². The van der Waals surface area contributed by atoms with Gasteiger partial charge in [0.25, 0.3) is 0 Å². The molecule has 0 saturated heterocycles. The van der Waals surface area contributed by atoms with Crippen LogP contribution in [-0.4, -0.2) is 16.5 Å². The molecule has 6 heteroatoms. The molecule has 2 aromatic rings. The fraction of sp³-hybridized carbons (Fsp3) is 0.476. The zero-order chi connectivity index (χ0) is 19.4. The minimum Gasteiger partial charge on any atom is -0.477 e. The summed E-state index contributed by atoms with van der Waals surface area (Å²) < 4.78 is 0. The van der Waals surface area contributed by atoms with Crippen molar-refractivity contribution >= 4 is 52.1 Å². The highest BCUT2D eigenvalue weighted by Crippen LogP contribution is 2.41. The standard InChI is InChI=1S/C21H23Cl3O2S/c22-15-10-13(11-16(23)12-15)4-5-14-6-8-19(24)18(14)3-1-2-17-7-9-20(27-17)21(25)26/h7,9-12,14,18-19H,1-6,8H2,(H,25,26)/t14-,18+,19+/m0/s1. The van der Waals surface area contributed by atoms with Gasteiger partial charge in [0.15, 0.2) is 0 Å². The Morgan fingerprint density at radius 2 is 1.81 bits per heavy atom. The molecule has 1 saturated carbocycles. The van der Waals surface area contributed by atoms with Crippen LogP contribution in [0.1, 0.15) is 52.2 Å². The van der Waals surface area contributed by atoms with Crippen LogP contribution in [0.15, 0.2) is 30.3 Å². The second-order valence-electron chi connectivity index (χ2n) is 7.30. The van der Waals surface area contributed by atoms with E-state index in [0.29, 0.717) is 26.8 Å². The number of rotatable bonds is 8.